The van der Waals surface area contributed by atoms with E-state index in [-0.39, 0.29) is 18.9 Å². The molecule has 0 radical (unpaired) electrons. The normalized spacial score (nSPS) is 13.7. The van der Waals surface area contributed by atoms with E-state index in [0.29, 0.717) is 11.0 Å². The van der Waals surface area contributed by atoms with Gasteiger partial charge < -0.3 is 14.6 Å². The van der Waals surface area contributed by atoms with Crippen molar-refractivity contribution in [3.63, 3.8) is 0 Å². The summed E-state index contributed by atoms with van der Waals surface area (Å²) in [5.74, 6) is 0. The van der Waals surface area contributed by atoms with Gasteiger partial charge in [-0.15, -0.1) is 0 Å². The number of unbranched alkanes of at least 4 members (excludes halogenated alkanes) is 24. The van der Waals surface area contributed by atoms with E-state index < -0.39 is 0 Å². The molecular formula is C43H86NO3+. The van der Waals surface area contributed by atoms with Crippen LogP contribution in [0.1, 0.15) is 201 Å². The van der Waals surface area contributed by atoms with Gasteiger partial charge in [-0.3, -0.25) is 4.48 Å². The number of aliphatic hydroxyl groups excluding tert-OH is 1. The van der Waals surface area contributed by atoms with Crippen LogP contribution in [0, 0.1) is 0 Å². The molecule has 0 saturated carbocycles. The SMILES string of the molecule is CCCCCCCC/C=C\CCCCCCCCOC(C)C(OCCCCCCCC/C=C\CCCCCCCC)[N+](C)(C)CCO. The topological polar surface area (TPSA) is 38.7 Å². The molecule has 0 spiro atoms. The van der Waals surface area contributed by atoms with Crippen molar-refractivity contribution in [2.45, 2.75) is 213 Å². The minimum absolute atomic E-state index is 0.0220. The zero-order chi connectivity index (χ0) is 34.5. The summed E-state index contributed by atoms with van der Waals surface area (Å²) in [7, 11) is 4.32. The summed E-state index contributed by atoms with van der Waals surface area (Å²) in [5, 5.41) is 9.67. The van der Waals surface area contributed by atoms with Gasteiger partial charge in [0, 0.05) is 6.61 Å². The second kappa shape index (κ2) is 36.6. The number of allylic oxidation sites excluding steroid dienone is 4. The molecule has 0 rings (SSSR count). The third-order valence-corrected chi connectivity index (χ3v) is 9.75. The lowest BCUT2D eigenvalue weighted by Crippen LogP contribution is -2.57. The molecular weight excluding hydrogens is 578 g/mol. The highest BCUT2D eigenvalue weighted by Gasteiger charge is 2.34. The predicted octanol–water partition coefficient (Wildman–Crippen LogP) is 12.9. The Morgan fingerprint density at radius 1 is 0.468 bits per heavy atom. The molecule has 280 valence electrons. The second-order valence-corrected chi connectivity index (χ2v) is 14.9. The molecule has 2 atom stereocenters. The van der Waals surface area contributed by atoms with Gasteiger partial charge in [-0.2, -0.15) is 0 Å². The Morgan fingerprint density at radius 2 is 0.787 bits per heavy atom. The standard InChI is InChI=1S/C43H86NO3/c1-6-8-10-12-14-16-18-20-22-24-26-28-30-32-34-36-40-46-42(3)43(44(4,5)38-39-45)47-41-37-35-33-31-29-27-25-23-21-19-17-15-13-11-9-7-2/h20-23,42-43,45H,6-19,24-41H2,1-5H3/q+1/b22-20-,23-21-. The van der Waals surface area contributed by atoms with Crippen molar-refractivity contribution >= 4 is 0 Å². The highest BCUT2D eigenvalue weighted by atomic mass is 16.6. The molecule has 0 aromatic heterocycles. The van der Waals surface area contributed by atoms with Crippen molar-refractivity contribution in [2.24, 2.45) is 0 Å². The van der Waals surface area contributed by atoms with Crippen LogP contribution in [0.4, 0.5) is 0 Å². The minimum atomic E-state index is -0.0422. The Morgan fingerprint density at radius 3 is 1.15 bits per heavy atom. The highest BCUT2D eigenvalue weighted by molar-refractivity contribution is 4.82. The van der Waals surface area contributed by atoms with Crippen molar-refractivity contribution in [3.05, 3.63) is 24.3 Å². The van der Waals surface area contributed by atoms with Crippen LogP contribution in [0.5, 0.6) is 0 Å². The van der Waals surface area contributed by atoms with E-state index in [2.05, 4.69) is 59.2 Å². The van der Waals surface area contributed by atoms with E-state index in [1.54, 1.807) is 0 Å². The van der Waals surface area contributed by atoms with Gasteiger partial charge in [0.1, 0.15) is 12.6 Å². The highest BCUT2D eigenvalue weighted by Crippen LogP contribution is 2.18. The largest absolute Gasteiger partial charge is 0.391 e. The molecule has 0 saturated heterocycles. The minimum Gasteiger partial charge on any atom is -0.391 e. The fraction of sp³-hybridized carbons (Fsp3) is 0.907. The van der Waals surface area contributed by atoms with E-state index in [1.165, 1.54) is 167 Å². The molecule has 1 N–H and O–H groups in total. The maximum atomic E-state index is 9.67. The van der Waals surface area contributed by atoms with Crippen molar-refractivity contribution in [3.8, 4) is 0 Å². The average Bonchev–Trinajstić information content (AvgIpc) is 3.05. The van der Waals surface area contributed by atoms with Gasteiger partial charge >= 0.3 is 0 Å². The van der Waals surface area contributed by atoms with E-state index in [9.17, 15) is 5.11 Å². The zero-order valence-electron chi connectivity index (χ0n) is 32.8. The van der Waals surface area contributed by atoms with Crippen LogP contribution in [0.2, 0.25) is 0 Å². The van der Waals surface area contributed by atoms with Gasteiger partial charge in [0.25, 0.3) is 0 Å². The summed E-state index contributed by atoms with van der Waals surface area (Å²) >= 11 is 0. The first-order chi connectivity index (χ1) is 23.0. The third-order valence-electron chi connectivity index (χ3n) is 9.75. The van der Waals surface area contributed by atoms with Crippen LogP contribution >= 0.6 is 0 Å². The number of quaternary nitrogens is 1. The van der Waals surface area contributed by atoms with Crippen LogP contribution in [-0.2, 0) is 9.47 Å². The molecule has 0 bridgehead atoms. The molecule has 0 aliphatic carbocycles. The number of hydrogen-bond acceptors (Lipinski definition) is 3. The number of rotatable bonds is 38. The molecule has 0 fully saturated rings. The zero-order valence-corrected chi connectivity index (χ0v) is 32.8. The lowest BCUT2D eigenvalue weighted by Gasteiger charge is -2.40. The first kappa shape index (κ1) is 46.3. The quantitative estimate of drug-likeness (QED) is 0.0309. The summed E-state index contributed by atoms with van der Waals surface area (Å²) in [6.45, 7) is 9.16. The summed E-state index contributed by atoms with van der Waals surface area (Å²) < 4.78 is 13.4. The van der Waals surface area contributed by atoms with Gasteiger partial charge in [0.15, 0.2) is 0 Å². The summed E-state index contributed by atoms with van der Waals surface area (Å²) in [4.78, 5) is 0. The Kier molecular flexibility index (Phi) is 36.1. The summed E-state index contributed by atoms with van der Waals surface area (Å²) in [6.07, 6.45) is 46.6. The van der Waals surface area contributed by atoms with Crippen molar-refractivity contribution in [1.82, 2.24) is 0 Å². The smallest absolute Gasteiger partial charge is 0.219 e. The van der Waals surface area contributed by atoms with E-state index in [1.807, 2.05) is 0 Å². The first-order valence-corrected chi connectivity index (χ1v) is 21.0. The van der Waals surface area contributed by atoms with Gasteiger partial charge in [0.05, 0.1) is 27.3 Å². The van der Waals surface area contributed by atoms with Gasteiger partial charge in [-0.1, -0.05) is 154 Å². The summed E-state index contributed by atoms with van der Waals surface area (Å²) in [5.41, 5.74) is 0. The number of ether oxygens (including phenoxy) is 2. The molecule has 4 heteroatoms. The van der Waals surface area contributed by atoms with Crippen LogP contribution in [0.25, 0.3) is 0 Å². The van der Waals surface area contributed by atoms with E-state index in [4.69, 9.17) is 9.47 Å². The molecule has 4 nitrogen and oxygen atoms in total. The van der Waals surface area contributed by atoms with Gasteiger partial charge in [0.2, 0.25) is 6.23 Å². The van der Waals surface area contributed by atoms with Gasteiger partial charge in [-0.25, -0.2) is 0 Å². The molecule has 0 aliphatic heterocycles. The monoisotopic (exact) mass is 665 g/mol. The van der Waals surface area contributed by atoms with E-state index >= 15 is 0 Å². The molecule has 0 aliphatic rings. The molecule has 2 unspecified atom stereocenters. The van der Waals surface area contributed by atoms with E-state index in [0.717, 1.165) is 26.1 Å². The van der Waals surface area contributed by atoms with Crippen molar-refractivity contribution < 1.29 is 19.1 Å². The number of hydrogen-bond donors (Lipinski definition) is 1. The lowest BCUT2D eigenvalue weighted by atomic mass is 10.1. The molecule has 0 aromatic carbocycles. The Balaban J connectivity index is 3.88. The Hall–Kier alpha value is -0.680. The van der Waals surface area contributed by atoms with Crippen LogP contribution in [0.15, 0.2) is 24.3 Å². The van der Waals surface area contributed by atoms with Crippen molar-refractivity contribution in [2.75, 3.05) is 40.5 Å². The lowest BCUT2D eigenvalue weighted by molar-refractivity contribution is -0.941. The second-order valence-electron chi connectivity index (χ2n) is 14.9. The molecule has 47 heavy (non-hydrogen) atoms. The fourth-order valence-electron chi connectivity index (χ4n) is 6.55. The Labute approximate surface area is 296 Å². The number of aliphatic hydroxyl groups is 1. The molecule has 0 amide bonds. The predicted molar refractivity (Wildman–Crippen MR) is 208 cm³/mol. The maximum Gasteiger partial charge on any atom is 0.219 e. The molecule has 0 heterocycles. The first-order valence-electron chi connectivity index (χ1n) is 21.0. The Bertz CT molecular complexity index is 661. The van der Waals surface area contributed by atoms with Crippen LogP contribution in [0.3, 0.4) is 0 Å². The fourth-order valence-corrected chi connectivity index (χ4v) is 6.55. The van der Waals surface area contributed by atoms with Gasteiger partial charge in [-0.05, 0) is 71.1 Å². The number of likely N-dealkylation sites (N-methyl/N-ethyl adjacent to an activating group) is 1. The molecule has 0 aromatic rings. The maximum absolute atomic E-state index is 9.67. The van der Waals surface area contributed by atoms with Crippen molar-refractivity contribution in [1.29, 1.82) is 0 Å². The third kappa shape index (κ3) is 32.3. The summed E-state index contributed by atoms with van der Waals surface area (Å²) in [6, 6.07) is 0. The average molecular weight is 665 g/mol. The van der Waals surface area contributed by atoms with Crippen LogP contribution < -0.4 is 0 Å². The number of nitrogens with zero attached hydrogens (tertiary/aromatic N) is 1. The van der Waals surface area contributed by atoms with Crippen LogP contribution in [-0.4, -0.2) is 62.4 Å².